The summed E-state index contributed by atoms with van der Waals surface area (Å²) in [5.41, 5.74) is 5.47. The zero-order valence-electron chi connectivity index (χ0n) is 10.8. The van der Waals surface area contributed by atoms with Crippen LogP contribution in [0, 0.1) is 5.41 Å². The van der Waals surface area contributed by atoms with Crippen LogP contribution in [-0.4, -0.2) is 18.9 Å². The van der Waals surface area contributed by atoms with Crippen LogP contribution in [0.5, 0.6) is 0 Å². The first-order valence-corrected chi connectivity index (χ1v) is 6.63. The summed E-state index contributed by atoms with van der Waals surface area (Å²) in [7, 11) is 0. The molecule has 1 unspecified atom stereocenters. The highest BCUT2D eigenvalue weighted by Crippen LogP contribution is 2.34. The lowest BCUT2D eigenvalue weighted by Crippen LogP contribution is -2.34. The molecule has 0 aromatic heterocycles. The van der Waals surface area contributed by atoms with Crippen LogP contribution in [0.4, 0.5) is 0 Å². The Hall–Kier alpha value is -1.06. The van der Waals surface area contributed by atoms with Gasteiger partial charge in [-0.1, -0.05) is 37.6 Å². The number of hydrogen-bond donors (Lipinski definition) is 2. The first-order chi connectivity index (χ1) is 8.55. The van der Waals surface area contributed by atoms with E-state index in [1.54, 1.807) is 12.2 Å². The molecule has 0 aliphatic carbocycles. The van der Waals surface area contributed by atoms with E-state index >= 15 is 0 Å². The van der Waals surface area contributed by atoms with E-state index in [4.69, 9.17) is 17.3 Å². The molecule has 0 saturated carbocycles. The Morgan fingerprint density at radius 2 is 2.28 bits per heavy atom. The standard InChI is InChI=1S/C14H21ClN2O/c1-3-6-14(7-8-17-10-14)13(18)11(2)4-5-12(15)9-16/h4-5,9,17H,2-3,6-8,10,16H2,1H3/b5-4-,12-9+. The largest absolute Gasteiger partial charge is 0.403 e. The van der Waals surface area contributed by atoms with Crippen LogP contribution >= 0.6 is 11.6 Å². The Balaban J connectivity index is 2.78. The molecule has 3 N–H and O–H groups in total. The minimum absolute atomic E-state index is 0.118. The predicted molar refractivity (Wildman–Crippen MR) is 76.2 cm³/mol. The van der Waals surface area contributed by atoms with Gasteiger partial charge < -0.3 is 11.1 Å². The van der Waals surface area contributed by atoms with Gasteiger partial charge in [0.1, 0.15) is 0 Å². The van der Waals surface area contributed by atoms with Gasteiger partial charge in [0.2, 0.25) is 0 Å². The van der Waals surface area contributed by atoms with Gasteiger partial charge in [0.15, 0.2) is 5.78 Å². The minimum atomic E-state index is -0.283. The number of hydrogen-bond acceptors (Lipinski definition) is 3. The molecule has 0 bridgehead atoms. The fourth-order valence-electron chi connectivity index (χ4n) is 2.40. The number of carbonyl (C=O) groups excluding carboxylic acids is 1. The summed E-state index contributed by atoms with van der Waals surface area (Å²) in [6.07, 6.45) is 7.30. The number of nitrogens with one attached hydrogen (secondary N) is 1. The summed E-state index contributed by atoms with van der Waals surface area (Å²) in [5.74, 6) is 0.118. The molecular weight excluding hydrogens is 248 g/mol. The second-order valence-corrected chi connectivity index (χ2v) is 5.13. The van der Waals surface area contributed by atoms with Crippen molar-refractivity contribution >= 4 is 17.4 Å². The summed E-state index contributed by atoms with van der Waals surface area (Å²) in [5, 5.41) is 3.67. The van der Waals surface area contributed by atoms with Gasteiger partial charge in [0.05, 0.1) is 5.03 Å². The zero-order chi connectivity index (χ0) is 13.6. The Bertz CT molecular complexity index is 379. The SMILES string of the molecule is C=C(/C=C\C(Cl)=C/N)C(=O)C1(CCC)CCNC1. The Morgan fingerprint density at radius 3 is 2.78 bits per heavy atom. The van der Waals surface area contributed by atoms with E-state index in [0.717, 1.165) is 32.4 Å². The third kappa shape index (κ3) is 3.47. The van der Waals surface area contributed by atoms with Crippen molar-refractivity contribution in [3.63, 3.8) is 0 Å². The molecule has 1 saturated heterocycles. The van der Waals surface area contributed by atoms with Crippen LogP contribution in [0.2, 0.25) is 0 Å². The molecule has 1 aliphatic heterocycles. The second kappa shape index (κ2) is 6.76. The third-order valence-corrected chi connectivity index (χ3v) is 3.60. The normalized spacial score (nSPS) is 24.7. The van der Waals surface area contributed by atoms with E-state index in [9.17, 15) is 4.79 Å². The Morgan fingerprint density at radius 1 is 1.56 bits per heavy atom. The van der Waals surface area contributed by atoms with E-state index in [1.165, 1.54) is 6.20 Å². The minimum Gasteiger partial charge on any atom is -0.403 e. The lowest BCUT2D eigenvalue weighted by molar-refractivity contribution is -0.124. The number of allylic oxidation sites excluding steroid dienone is 4. The highest BCUT2D eigenvalue weighted by molar-refractivity contribution is 6.31. The smallest absolute Gasteiger partial charge is 0.169 e. The van der Waals surface area contributed by atoms with Crippen molar-refractivity contribution in [2.45, 2.75) is 26.2 Å². The highest BCUT2D eigenvalue weighted by Gasteiger charge is 2.40. The van der Waals surface area contributed by atoms with Crippen LogP contribution in [0.3, 0.4) is 0 Å². The monoisotopic (exact) mass is 268 g/mol. The molecule has 100 valence electrons. The second-order valence-electron chi connectivity index (χ2n) is 4.70. The number of ketones is 1. The molecule has 0 aromatic rings. The topological polar surface area (TPSA) is 55.1 Å². The number of halogens is 1. The predicted octanol–water partition coefficient (Wildman–Crippen LogP) is 2.49. The number of carbonyl (C=O) groups is 1. The van der Waals surface area contributed by atoms with Gasteiger partial charge in [-0.3, -0.25) is 4.79 Å². The molecule has 0 amide bonds. The van der Waals surface area contributed by atoms with E-state index < -0.39 is 0 Å². The maximum Gasteiger partial charge on any atom is 0.169 e. The molecule has 4 heteroatoms. The summed E-state index contributed by atoms with van der Waals surface area (Å²) in [4.78, 5) is 12.5. The summed E-state index contributed by atoms with van der Waals surface area (Å²) < 4.78 is 0. The van der Waals surface area contributed by atoms with Crippen molar-refractivity contribution in [1.82, 2.24) is 5.32 Å². The molecule has 3 nitrogen and oxygen atoms in total. The first kappa shape index (κ1) is 15.0. The quantitative estimate of drug-likeness (QED) is 0.575. The molecule has 0 spiro atoms. The lowest BCUT2D eigenvalue weighted by atomic mass is 9.76. The molecule has 0 radical (unpaired) electrons. The van der Waals surface area contributed by atoms with Crippen molar-refractivity contribution < 1.29 is 4.79 Å². The number of rotatable bonds is 6. The van der Waals surface area contributed by atoms with Gasteiger partial charge in [-0.2, -0.15) is 0 Å². The molecule has 1 heterocycles. The Labute approximate surface area is 114 Å². The van der Waals surface area contributed by atoms with Gasteiger partial charge in [0.25, 0.3) is 0 Å². The fraction of sp³-hybridized carbons (Fsp3) is 0.500. The van der Waals surface area contributed by atoms with Crippen molar-refractivity contribution in [3.05, 3.63) is 35.5 Å². The summed E-state index contributed by atoms with van der Waals surface area (Å²) in [6, 6.07) is 0. The van der Waals surface area contributed by atoms with Crippen LogP contribution < -0.4 is 11.1 Å². The van der Waals surface area contributed by atoms with E-state index in [2.05, 4.69) is 18.8 Å². The van der Waals surface area contributed by atoms with Crippen LogP contribution in [0.1, 0.15) is 26.2 Å². The molecule has 1 rings (SSSR count). The molecule has 18 heavy (non-hydrogen) atoms. The van der Waals surface area contributed by atoms with Crippen LogP contribution in [0.25, 0.3) is 0 Å². The molecule has 1 fully saturated rings. The van der Waals surface area contributed by atoms with Crippen molar-refractivity contribution in [2.75, 3.05) is 13.1 Å². The van der Waals surface area contributed by atoms with Crippen molar-refractivity contribution in [1.29, 1.82) is 0 Å². The first-order valence-electron chi connectivity index (χ1n) is 6.25. The highest BCUT2D eigenvalue weighted by atomic mass is 35.5. The molecule has 1 atom stereocenters. The van der Waals surface area contributed by atoms with E-state index in [-0.39, 0.29) is 11.2 Å². The van der Waals surface area contributed by atoms with Gasteiger partial charge in [-0.25, -0.2) is 0 Å². The molecule has 0 aromatic carbocycles. The maximum atomic E-state index is 12.5. The number of nitrogens with two attached hydrogens (primary N) is 1. The van der Waals surface area contributed by atoms with E-state index in [0.29, 0.717) is 10.6 Å². The van der Waals surface area contributed by atoms with E-state index in [1.807, 2.05) is 0 Å². The van der Waals surface area contributed by atoms with Gasteiger partial charge in [0, 0.05) is 23.7 Å². The van der Waals surface area contributed by atoms with Crippen LogP contribution in [-0.2, 0) is 4.79 Å². The van der Waals surface area contributed by atoms with Crippen molar-refractivity contribution in [3.8, 4) is 0 Å². The fourth-order valence-corrected chi connectivity index (χ4v) is 2.46. The van der Waals surface area contributed by atoms with Gasteiger partial charge >= 0.3 is 0 Å². The maximum absolute atomic E-state index is 12.5. The molecule has 1 aliphatic rings. The summed E-state index contributed by atoms with van der Waals surface area (Å²) in [6.45, 7) is 7.58. The van der Waals surface area contributed by atoms with Gasteiger partial charge in [-0.15, -0.1) is 0 Å². The number of Topliss-reactive ketones (excluding diaryl/α,β-unsaturated/α-hetero) is 1. The molecular formula is C14H21ClN2O. The average Bonchev–Trinajstić information content (AvgIpc) is 2.84. The summed E-state index contributed by atoms with van der Waals surface area (Å²) >= 11 is 5.75. The Kier molecular flexibility index (Phi) is 5.63. The van der Waals surface area contributed by atoms with Crippen LogP contribution in [0.15, 0.2) is 35.5 Å². The zero-order valence-corrected chi connectivity index (χ0v) is 11.6. The lowest BCUT2D eigenvalue weighted by Gasteiger charge is -2.26. The van der Waals surface area contributed by atoms with Gasteiger partial charge in [-0.05, 0) is 25.5 Å². The van der Waals surface area contributed by atoms with Crippen molar-refractivity contribution in [2.24, 2.45) is 11.1 Å². The third-order valence-electron chi connectivity index (χ3n) is 3.35. The average molecular weight is 269 g/mol.